The molecule has 0 spiro atoms. The molecular formula is C17H17N3O3S. The average Bonchev–Trinajstić information content (AvgIpc) is 2.90. The molecule has 2 aromatic heterocycles. The van der Waals surface area contributed by atoms with Crippen LogP contribution in [0.3, 0.4) is 0 Å². The SMILES string of the molecule is COc1cc(NC(=O)c2sc3nc(C)ccc3c2N)cc(OC)c1. The van der Waals surface area contributed by atoms with E-state index in [4.69, 9.17) is 15.2 Å². The summed E-state index contributed by atoms with van der Waals surface area (Å²) in [5.41, 5.74) is 8.01. The molecule has 0 aliphatic heterocycles. The first-order valence-electron chi connectivity index (χ1n) is 7.22. The monoisotopic (exact) mass is 343 g/mol. The van der Waals surface area contributed by atoms with Gasteiger partial charge in [-0.15, -0.1) is 11.3 Å². The van der Waals surface area contributed by atoms with Crippen LogP contribution in [-0.2, 0) is 0 Å². The van der Waals surface area contributed by atoms with Gasteiger partial charge < -0.3 is 20.5 Å². The van der Waals surface area contributed by atoms with Gasteiger partial charge in [0.25, 0.3) is 5.91 Å². The summed E-state index contributed by atoms with van der Waals surface area (Å²) >= 11 is 1.27. The van der Waals surface area contributed by atoms with Gasteiger partial charge in [0.2, 0.25) is 0 Å². The Morgan fingerprint density at radius 3 is 2.46 bits per heavy atom. The molecule has 0 radical (unpaired) electrons. The third kappa shape index (κ3) is 2.98. The number of hydrogen-bond donors (Lipinski definition) is 2. The Kier molecular flexibility index (Phi) is 4.26. The summed E-state index contributed by atoms with van der Waals surface area (Å²) in [6.45, 7) is 1.90. The highest BCUT2D eigenvalue weighted by molar-refractivity contribution is 7.21. The van der Waals surface area contributed by atoms with Gasteiger partial charge in [-0.25, -0.2) is 4.98 Å². The topological polar surface area (TPSA) is 86.5 Å². The van der Waals surface area contributed by atoms with Crippen molar-refractivity contribution in [3.8, 4) is 11.5 Å². The van der Waals surface area contributed by atoms with E-state index in [-0.39, 0.29) is 5.91 Å². The number of nitrogen functional groups attached to an aromatic ring is 1. The largest absolute Gasteiger partial charge is 0.497 e. The number of hydrogen-bond acceptors (Lipinski definition) is 6. The lowest BCUT2D eigenvalue weighted by Crippen LogP contribution is -2.12. The highest BCUT2D eigenvalue weighted by atomic mass is 32.1. The lowest BCUT2D eigenvalue weighted by atomic mass is 10.2. The predicted octanol–water partition coefficient (Wildman–Crippen LogP) is 3.46. The van der Waals surface area contributed by atoms with Crippen molar-refractivity contribution in [2.75, 3.05) is 25.3 Å². The number of nitrogens with zero attached hydrogens (tertiary/aromatic N) is 1. The second kappa shape index (κ2) is 6.37. The number of rotatable bonds is 4. The van der Waals surface area contributed by atoms with Crippen molar-refractivity contribution in [2.24, 2.45) is 0 Å². The summed E-state index contributed by atoms with van der Waals surface area (Å²) in [4.78, 5) is 18.2. The number of pyridine rings is 1. The number of anilines is 2. The van der Waals surface area contributed by atoms with E-state index in [0.717, 1.165) is 15.9 Å². The third-order valence-electron chi connectivity index (χ3n) is 3.55. The lowest BCUT2D eigenvalue weighted by Gasteiger charge is -2.09. The smallest absolute Gasteiger partial charge is 0.267 e. The summed E-state index contributed by atoms with van der Waals surface area (Å²) < 4.78 is 10.4. The van der Waals surface area contributed by atoms with Gasteiger partial charge in [-0.05, 0) is 19.1 Å². The number of thiophene rings is 1. The summed E-state index contributed by atoms with van der Waals surface area (Å²) in [5.74, 6) is 0.890. The van der Waals surface area contributed by atoms with Gasteiger partial charge in [0, 0.05) is 35.0 Å². The van der Waals surface area contributed by atoms with Gasteiger partial charge in [0.05, 0.1) is 19.9 Å². The van der Waals surface area contributed by atoms with Gasteiger partial charge in [0.1, 0.15) is 21.2 Å². The van der Waals surface area contributed by atoms with Crippen LogP contribution in [0.2, 0.25) is 0 Å². The third-order valence-corrected chi connectivity index (χ3v) is 4.66. The maximum atomic E-state index is 12.6. The number of benzene rings is 1. The van der Waals surface area contributed by atoms with Crippen molar-refractivity contribution in [3.05, 3.63) is 40.9 Å². The van der Waals surface area contributed by atoms with Gasteiger partial charge >= 0.3 is 0 Å². The van der Waals surface area contributed by atoms with Crippen LogP contribution in [0, 0.1) is 6.92 Å². The van der Waals surface area contributed by atoms with Crippen molar-refractivity contribution in [2.45, 2.75) is 6.92 Å². The van der Waals surface area contributed by atoms with E-state index in [1.165, 1.54) is 11.3 Å². The Hall–Kier alpha value is -2.80. The molecule has 6 nitrogen and oxygen atoms in total. The van der Waals surface area contributed by atoms with Crippen molar-refractivity contribution in [3.63, 3.8) is 0 Å². The van der Waals surface area contributed by atoms with E-state index in [0.29, 0.717) is 27.8 Å². The molecule has 1 aromatic carbocycles. The molecule has 1 amide bonds. The molecule has 0 saturated carbocycles. The summed E-state index contributed by atoms with van der Waals surface area (Å²) in [6.07, 6.45) is 0. The standard InChI is InChI=1S/C17H17N3O3S/c1-9-4-5-13-14(18)15(24-17(13)19-9)16(21)20-10-6-11(22-2)8-12(7-10)23-3/h4-8H,18H2,1-3H3,(H,20,21). The molecule has 7 heteroatoms. The molecule has 0 aliphatic carbocycles. The molecule has 3 rings (SSSR count). The molecule has 0 bridgehead atoms. The van der Waals surface area contributed by atoms with E-state index in [9.17, 15) is 4.79 Å². The Morgan fingerprint density at radius 2 is 1.83 bits per heavy atom. The first-order valence-corrected chi connectivity index (χ1v) is 8.03. The Morgan fingerprint density at radius 1 is 1.17 bits per heavy atom. The minimum atomic E-state index is -0.288. The maximum Gasteiger partial charge on any atom is 0.267 e. The van der Waals surface area contributed by atoms with E-state index in [1.54, 1.807) is 32.4 Å². The summed E-state index contributed by atoms with van der Waals surface area (Å²) in [7, 11) is 3.11. The molecule has 3 aromatic rings. The number of carbonyl (C=O) groups excluding carboxylic acids is 1. The van der Waals surface area contributed by atoms with Crippen LogP contribution < -0.4 is 20.5 Å². The first kappa shape index (κ1) is 16.1. The second-order valence-corrected chi connectivity index (χ2v) is 6.20. The van der Waals surface area contributed by atoms with Gasteiger partial charge in [-0.3, -0.25) is 4.79 Å². The molecule has 124 valence electrons. The van der Waals surface area contributed by atoms with Crippen LogP contribution in [0.1, 0.15) is 15.4 Å². The van der Waals surface area contributed by atoms with Crippen molar-refractivity contribution < 1.29 is 14.3 Å². The zero-order chi connectivity index (χ0) is 17.3. The lowest BCUT2D eigenvalue weighted by molar-refractivity contribution is 0.103. The van der Waals surface area contributed by atoms with Crippen LogP contribution >= 0.6 is 11.3 Å². The Labute approximate surface area is 143 Å². The Balaban J connectivity index is 1.94. The van der Waals surface area contributed by atoms with E-state index in [2.05, 4.69) is 10.3 Å². The second-order valence-electron chi connectivity index (χ2n) is 5.21. The van der Waals surface area contributed by atoms with Gasteiger partial charge in [-0.2, -0.15) is 0 Å². The molecular weight excluding hydrogens is 326 g/mol. The normalized spacial score (nSPS) is 10.6. The van der Waals surface area contributed by atoms with E-state index in [1.807, 2.05) is 19.1 Å². The Bertz CT molecular complexity index is 899. The van der Waals surface area contributed by atoms with E-state index < -0.39 is 0 Å². The van der Waals surface area contributed by atoms with Crippen LogP contribution in [0.4, 0.5) is 11.4 Å². The zero-order valence-corrected chi connectivity index (χ0v) is 14.4. The van der Waals surface area contributed by atoms with Crippen molar-refractivity contribution >= 4 is 38.8 Å². The fourth-order valence-electron chi connectivity index (χ4n) is 2.33. The van der Waals surface area contributed by atoms with Crippen LogP contribution in [0.5, 0.6) is 11.5 Å². The average molecular weight is 343 g/mol. The number of fused-ring (bicyclic) bond motifs is 1. The van der Waals surface area contributed by atoms with Crippen LogP contribution in [0.15, 0.2) is 30.3 Å². The minimum Gasteiger partial charge on any atom is -0.497 e. The minimum absolute atomic E-state index is 0.288. The molecule has 24 heavy (non-hydrogen) atoms. The predicted molar refractivity (Wildman–Crippen MR) is 96.3 cm³/mol. The number of aryl methyl sites for hydroxylation is 1. The summed E-state index contributed by atoms with van der Waals surface area (Å²) in [5, 5.41) is 3.62. The zero-order valence-electron chi connectivity index (χ0n) is 13.5. The van der Waals surface area contributed by atoms with Gasteiger partial charge in [-0.1, -0.05) is 0 Å². The molecule has 3 N–H and O–H groups in total. The number of aromatic nitrogens is 1. The number of ether oxygens (including phenoxy) is 2. The van der Waals surface area contributed by atoms with Crippen molar-refractivity contribution in [1.82, 2.24) is 4.98 Å². The summed E-state index contributed by atoms with van der Waals surface area (Å²) in [6, 6.07) is 8.92. The molecule has 0 unspecified atom stereocenters. The fraction of sp³-hybridized carbons (Fsp3) is 0.176. The quantitative estimate of drug-likeness (QED) is 0.757. The maximum absolute atomic E-state index is 12.6. The molecule has 2 heterocycles. The first-order chi connectivity index (χ1) is 11.5. The molecule has 0 saturated heterocycles. The van der Waals surface area contributed by atoms with Crippen molar-refractivity contribution in [1.29, 1.82) is 0 Å². The number of nitrogens with one attached hydrogen (secondary N) is 1. The number of carbonyl (C=O) groups is 1. The molecule has 0 aliphatic rings. The molecule has 0 atom stereocenters. The highest BCUT2D eigenvalue weighted by Gasteiger charge is 2.18. The van der Waals surface area contributed by atoms with Crippen LogP contribution in [-0.4, -0.2) is 25.1 Å². The van der Waals surface area contributed by atoms with Gasteiger partial charge in [0.15, 0.2) is 0 Å². The number of amides is 1. The van der Waals surface area contributed by atoms with E-state index >= 15 is 0 Å². The highest BCUT2D eigenvalue weighted by Crippen LogP contribution is 2.33. The van der Waals surface area contributed by atoms with Crippen LogP contribution in [0.25, 0.3) is 10.2 Å². The number of methoxy groups -OCH3 is 2. The number of nitrogens with two attached hydrogens (primary N) is 1. The molecule has 0 fully saturated rings. The fourth-order valence-corrected chi connectivity index (χ4v) is 3.36.